The minimum absolute atomic E-state index is 0. The van der Waals surface area contributed by atoms with Gasteiger partial charge in [-0.1, -0.05) is 0 Å². The Morgan fingerprint density at radius 3 is 0.382 bits per heavy atom. The standard InChI is InChI=1S/8C2H4O2.Hf.Rh/c8*1-2(3)4;;/h8*1H3,(H,3,4);;/q;;;;;;;;+4;+3/p-7. The molecule has 0 aliphatic rings. The average molecular weight is 755 g/mol. The molecule has 0 rings (SSSR count). The van der Waals surface area contributed by atoms with Crippen LogP contribution in [-0.4, -0.2) is 52.9 Å². The number of hydrogen-bond donors (Lipinski definition) is 1. The van der Waals surface area contributed by atoms with Crippen LogP contribution in [0.1, 0.15) is 55.4 Å². The molecule has 0 aromatic rings. The molecule has 0 aliphatic heterocycles. The van der Waals surface area contributed by atoms with E-state index in [0.29, 0.717) is 0 Å². The van der Waals surface area contributed by atoms with Gasteiger partial charge in [0, 0.05) is 48.7 Å². The molecule has 0 aromatic heterocycles. The molecule has 0 heterocycles. The summed E-state index contributed by atoms with van der Waals surface area (Å²) in [5.41, 5.74) is 0. The van der Waals surface area contributed by atoms with Crippen molar-refractivity contribution in [2.75, 3.05) is 0 Å². The van der Waals surface area contributed by atoms with Crippen LogP contribution in [0.2, 0.25) is 0 Å². The van der Waals surface area contributed by atoms with Crippen LogP contribution in [-0.2, 0) is 83.7 Å². The Hall–Kier alpha value is -2.75. The second-order valence-electron chi connectivity index (χ2n) is 3.96. The van der Waals surface area contributed by atoms with E-state index in [2.05, 4.69) is 0 Å². The fourth-order valence-electron chi connectivity index (χ4n) is 0. The second-order valence-corrected chi connectivity index (χ2v) is 3.96. The van der Waals surface area contributed by atoms with Crippen molar-refractivity contribution in [1.29, 1.82) is 0 Å². The molecular formula is C16H25HfO16Rh. The van der Waals surface area contributed by atoms with Gasteiger partial charge in [0.1, 0.15) is 0 Å². The summed E-state index contributed by atoms with van der Waals surface area (Å²) in [6, 6.07) is 0. The normalized spacial score (nSPS) is 5.88. The van der Waals surface area contributed by atoms with E-state index in [1.807, 2.05) is 0 Å². The van der Waals surface area contributed by atoms with E-state index in [1.54, 1.807) is 0 Å². The second kappa shape index (κ2) is 57.3. The van der Waals surface area contributed by atoms with Gasteiger partial charge in [0.05, 0.1) is 0 Å². The SMILES string of the molecule is CC(=O)O.CC(=O)[O-].CC(=O)[O-].CC(=O)[O-].CC(=O)[O-].CC(=O)[O-].CC(=O)[O-].CC(=O)[O-].[Hf+4].[Rh+3]. The van der Waals surface area contributed by atoms with Gasteiger partial charge >= 0.3 is 45.3 Å². The van der Waals surface area contributed by atoms with Crippen molar-refractivity contribution in [3.8, 4) is 0 Å². The third kappa shape index (κ3) is 3100. The first-order valence-electron chi connectivity index (χ1n) is 7.29. The van der Waals surface area contributed by atoms with Crippen LogP contribution in [0.3, 0.4) is 0 Å². The molecule has 0 fully saturated rings. The maximum Gasteiger partial charge on any atom is 4.00 e. The molecule has 0 atom stereocenters. The van der Waals surface area contributed by atoms with E-state index in [9.17, 15) is 0 Å². The molecule has 34 heavy (non-hydrogen) atoms. The molecule has 198 valence electrons. The minimum atomic E-state index is -1.08. The fraction of sp³-hybridized carbons (Fsp3) is 0.500. The van der Waals surface area contributed by atoms with Crippen molar-refractivity contribution in [1.82, 2.24) is 0 Å². The number of rotatable bonds is 0. The van der Waals surface area contributed by atoms with Crippen LogP contribution in [0.15, 0.2) is 0 Å². The summed E-state index contributed by atoms with van der Waals surface area (Å²) in [6.45, 7) is 7.89. The zero-order chi connectivity index (χ0) is 28.6. The molecule has 18 heteroatoms. The Balaban J connectivity index is -0.0000000240. The minimum Gasteiger partial charge on any atom is -0.550 e. The van der Waals surface area contributed by atoms with Crippen LogP contribution in [0.25, 0.3) is 0 Å². The summed E-state index contributed by atoms with van der Waals surface area (Å²) in [7, 11) is 0. The summed E-state index contributed by atoms with van der Waals surface area (Å²) in [5, 5.41) is 69.6. The zero-order valence-corrected chi connectivity index (χ0v) is 24.6. The Morgan fingerprint density at radius 2 is 0.382 bits per heavy atom. The van der Waals surface area contributed by atoms with Crippen molar-refractivity contribution in [3.05, 3.63) is 0 Å². The molecule has 1 N–H and O–H groups in total. The first-order chi connectivity index (χ1) is 13.9. The number of hydrogen-bond acceptors (Lipinski definition) is 15. The van der Waals surface area contributed by atoms with Gasteiger partial charge in [0.15, 0.2) is 0 Å². The summed E-state index contributed by atoms with van der Waals surface area (Å²) >= 11 is 0. The predicted octanol–water partition coefficient (Wildman–Crippen LogP) is -8.62. The van der Waals surface area contributed by atoms with E-state index in [0.717, 1.165) is 55.4 Å². The molecule has 0 bridgehead atoms. The average Bonchev–Trinajstić information content (AvgIpc) is 2.30. The number of aliphatic carboxylic acids is 8. The first kappa shape index (κ1) is 63.3. The van der Waals surface area contributed by atoms with Gasteiger partial charge in [-0.15, -0.1) is 0 Å². The van der Waals surface area contributed by atoms with Gasteiger partial charge < -0.3 is 74.4 Å². The summed E-state index contributed by atoms with van der Waals surface area (Å²) in [4.78, 5) is 71.2. The molecule has 0 radical (unpaired) electrons. The number of carboxylic acids is 8. The molecule has 0 saturated carbocycles. The van der Waals surface area contributed by atoms with E-state index in [-0.39, 0.29) is 45.3 Å². The van der Waals surface area contributed by atoms with Gasteiger partial charge in [-0.05, 0) is 48.5 Å². The Morgan fingerprint density at radius 1 is 0.382 bits per heavy atom. The first-order valence-corrected chi connectivity index (χ1v) is 7.29. The number of carbonyl (C=O) groups excluding carboxylic acids is 7. The summed E-state index contributed by atoms with van der Waals surface area (Å²) < 4.78 is 0. The van der Waals surface area contributed by atoms with Crippen molar-refractivity contribution < 1.29 is 125 Å². The quantitative estimate of drug-likeness (QED) is 0.224. The third-order valence-electron chi connectivity index (χ3n) is 0. The van der Waals surface area contributed by atoms with E-state index in [1.165, 1.54) is 0 Å². The van der Waals surface area contributed by atoms with Gasteiger partial charge in [-0.25, -0.2) is 0 Å². The van der Waals surface area contributed by atoms with Crippen LogP contribution in [0.4, 0.5) is 0 Å². The van der Waals surface area contributed by atoms with Crippen LogP contribution in [0.5, 0.6) is 0 Å². The smallest absolute Gasteiger partial charge is 0.550 e. The molecule has 0 spiro atoms. The third-order valence-corrected chi connectivity index (χ3v) is 0. The molecule has 0 aromatic carbocycles. The number of carbonyl (C=O) groups is 8. The van der Waals surface area contributed by atoms with Gasteiger partial charge in [-0.2, -0.15) is 0 Å². The van der Waals surface area contributed by atoms with Crippen LogP contribution < -0.4 is 35.7 Å². The summed E-state index contributed by atoms with van der Waals surface area (Å²) in [6.07, 6.45) is 0. The topological polar surface area (TPSA) is 318 Å². The zero-order valence-electron chi connectivity index (χ0n) is 19.4. The Kier molecular flexibility index (Phi) is 107. The predicted molar refractivity (Wildman–Crippen MR) is 88.1 cm³/mol. The van der Waals surface area contributed by atoms with Gasteiger partial charge in [0.2, 0.25) is 0 Å². The fourth-order valence-corrected chi connectivity index (χ4v) is 0. The van der Waals surface area contributed by atoms with Crippen molar-refractivity contribution in [2.24, 2.45) is 0 Å². The molecule has 0 unspecified atom stereocenters. The van der Waals surface area contributed by atoms with E-state index < -0.39 is 47.8 Å². The Labute approximate surface area is 227 Å². The monoisotopic (exact) mass is 756 g/mol. The molecular weight excluding hydrogens is 730 g/mol. The van der Waals surface area contributed by atoms with E-state index >= 15 is 0 Å². The molecule has 0 aliphatic carbocycles. The van der Waals surface area contributed by atoms with Crippen LogP contribution >= 0.6 is 0 Å². The molecule has 16 nitrogen and oxygen atoms in total. The maximum absolute atomic E-state index is 9.00. The largest absolute Gasteiger partial charge is 4.00 e. The van der Waals surface area contributed by atoms with Crippen molar-refractivity contribution >= 4 is 47.8 Å². The van der Waals surface area contributed by atoms with Crippen molar-refractivity contribution in [3.63, 3.8) is 0 Å². The molecule has 0 amide bonds. The molecule has 0 saturated heterocycles. The Bertz CT molecular complexity index is 373. The maximum atomic E-state index is 9.00. The summed E-state index contributed by atoms with van der Waals surface area (Å²) in [5.74, 6) is -8.42. The van der Waals surface area contributed by atoms with E-state index in [4.69, 9.17) is 79.2 Å². The number of carboxylic acid groups (broad SMARTS) is 8. The van der Waals surface area contributed by atoms with Gasteiger partial charge in [-0.3, -0.25) is 4.79 Å². The van der Waals surface area contributed by atoms with Crippen molar-refractivity contribution in [2.45, 2.75) is 55.4 Å². The van der Waals surface area contributed by atoms with Gasteiger partial charge in [0.25, 0.3) is 5.97 Å². The van der Waals surface area contributed by atoms with Crippen LogP contribution in [0, 0.1) is 0 Å².